The van der Waals surface area contributed by atoms with Gasteiger partial charge in [-0.3, -0.25) is 9.69 Å². The monoisotopic (exact) mass is 189 g/mol. The van der Waals surface area contributed by atoms with E-state index in [1.54, 1.807) is 25.8 Å². The summed E-state index contributed by atoms with van der Waals surface area (Å²) < 4.78 is 0. The van der Waals surface area contributed by atoms with E-state index in [1.807, 2.05) is 6.92 Å². The fraction of sp³-hybridized carbons (Fsp3) is 0.889. The summed E-state index contributed by atoms with van der Waals surface area (Å²) in [6.07, 6.45) is 0.615. The summed E-state index contributed by atoms with van der Waals surface area (Å²) in [7, 11) is 1.70. The Balaban J connectivity index is 4.14. The largest absolute Gasteiger partial charge is 0.480 e. The molecule has 4 nitrogen and oxygen atoms in total. The smallest absolute Gasteiger partial charge is 0.320 e. The fourth-order valence-electron chi connectivity index (χ4n) is 0.975. The molecule has 0 saturated heterocycles. The lowest BCUT2D eigenvalue weighted by atomic mass is 10.0. The molecule has 0 aliphatic carbocycles. The number of aliphatic hydroxyl groups is 1. The minimum Gasteiger partial charge on any atom is -0.480 e. The van der Waals surface area contributed by atoms with Crippen molar-refractivity contribution in [3.63, 3.8) is 0 Å². The number of aliphatic carboxylic acids is 1. The molecule has 0 saturated carbocycles. The minimum atomic E-state index is -0.866. The minimum absolute atomic E-state index is 0.372. The van der Waals surface area contributed by atoms with Gasteiger partial charge in [0.1, 0.15) is 6.04 Å². The summed E-state index contributed by atoms with van der Waals surface area (Å²) in [6, 6.07) is -0.557. The Morgan fingerprint density at radius 3 is 2.38 bits per heavy atom. The van der Waals surface area contributed by atoms with Crippen molar-refractivity contribution in [2.75, 3.05) is 13.6 Å². The van der Waals surface area contributed by atoms with Crippen molar-refractivity contribution in [2.45, 2.75) is 38.8 Å². The van der Waals surface area contributed by atoms with Crippen LogP contribution in [0.1, 0.15) is 27.2 Å². The predicted octanol–water partition coefficient (Wildman–Crippen LogP) is 0.552. The quantitative estimate of drug-likeness (QED) is 0.663. The van der Waals surface area contributed by atoms with E-state index in [0.29, 0.717) is 13.0 Å². The third kappa shape index (κ3) is 4.24. The zero-order valence-electron chi connectivity index (χ0n) is 8.74. The van der Waals surface area contributed by atoms with Crippen LogP contribution in [0.5, 0.6) is 0 Å². The molecule has 0 fully saturated rings. The number of carboxylic acid groups (broad SMARTS) is 1. The first-order valence-electron chi connectivity index (χ1n) is 4.45. The molecule has 0 rings (SSSR count). The van der Waals surface area contributed by atoms with E-state index in [2.05, 4.69) is 0 Å². The van der Waals surface area contributed by atoms with E-state index in [1.165, 1.54) is 0 Å². The molecule has 0 spiro atoms. The van der Waals surface area contributed by atoms with Crippen molar-refractivity contribution in [2.24, 2.45) is 0 Å². The molecule has 2 unspecified atom stereocenters. The molecular weight excluding hydrogens is 170 g/mol. The van der Waals surface area contributed by atoms with Crippen molar-refractivity contribution in [1.82, 2.24) is 4.90 Å². The second-order valence-corrected chi connectivity index (χ2v) is 3.78. The van der Waals surface area contributed by atoms with Crippen LogP contribution in [0.15, 0.2) is 0 Å². The molecule has 78 valence electrons. The molecule has 0 bridgehead atoms. The van der Waals surface area contributed by atoms with Gasteiger partial charge in [0, 0.05) is 6.54 Å². The number of nitrogens with zero attached hydrogens (tertiary/aromatic N) is 1. The van der Waals surface area contributed by atoms with Gasteiger partial charge >= 0.3 is 5.97 Å². The van der Waals surface area contributed by atoms with Crippen LogP contribution in [0.4, 0.5) is 0 Å². The van der Waals surface area contributed by atoms with Crippen molar-refractivity contribution in [3.05, 3.63) is 0 Å². The number of hydrogen-bond acceptors (Lipinski definition) is 3. The number of carbonyl (C=O) groups is 1. The van der Waals surface area contributed by atoms with Crippen LogP contribution in [0.25, 0.3) is 0 Å². The van der Waals surface area contributed by atoms with Gasteiger partial charge in [-0.25, -0.2) is 0 Å². The van der Waals surface area contributed by atoms with Gasteiger partial charge in [-0.1, -0.05) is 6.92 Å². The van der Waals surface area contributed by atoms with Crippen molar-refractivity contribution >= 4 is 5.97 Å². The van der Waals surface area contributed by atoms with Crippen LogP contribution in [0, 0.1) is 0 Å². The molecule has 0 radical (unpaired) electrons. The summed E-state index contributed by atoms with van der Waals surface area (Å²) in [5.41, 5.74) is -0.807. The van der Waals surface area contributed by atoms with Gasteiger partial charge in [-0.15, -0.1) is 0 Å². The number of carboxylic acids is 1. The van der Waals surface area contributed by atoms with E-state index in [0.717, 1.165) is 0 Å². The predicted molar refractivity (Wildman–Crippen MR) is 50.6 cm³/mol. The van der Waals surface area contributed by atoms with Crippen LogP contribution < -0.4 is 0 Å². The average molecular weight is 189 g/mol. The Bertz CT molecular complexity index is 180. The van der Waals surface area contributed by atoms with Gasteiger partial charge in [-0.2, -0.15) is 0 Å². The molecule has 0 aliphatic rings. The molecule has 4 heteroatoms. The second kappa shape index (κ2) is 4.58. The standard InChI is InChI=1S/C9H19NO3/c1-5-9(3,13)6-10(4)7(2)8(11)12/h7,13H,5-6H2,1-4H3,(H,11,12). The maximum atomic E-state index is 10.6. The Morgan fingerprint density at radius 1 is 1.62 bits per heavy atom. The fourth-order valence-corrected chi connectivity index (χ4v) is 0.975. The van der Waals surface area contributed by atoms with Gasteiger partial charge in [0.25, 0.3) is 0 Å². The van der Waals surface area contributed by atoms with Gasteiger partial charge in [0.05, 0.1) is 5.60 Å². The SMILES string of the molecule is CCC(C)(O)CN(C)C(C)C(=O)O. The van der Waals surface area contributed by atoms with Crippen LogP contribution in [-0.4, -0.2) is 46.3 Å². The Labute approximate surface area is 79.2 Å². The van der Waals surface area contributed by atoms with Crippen LogP contribution in [0.3, 0.4) is 0 Å². The molecule has 0 heterocycles. The van der Waals surface area contributed by atoms with E-state index in [9.17, 15) is 9.90 Å². The molecule has 13 heavy (non-hydrogen) atoms. The molecule has 0 amide bonds. The summed E-state index contributed by atoms with van der Waals surface area (Å²) >= 11 is 0. The second-order valence-electron chi connectivity index (χ2n) is 3.78. The highest BCUT2D eigenvalue weighted by Crippen LogP contribution is 2.11. The third-order valence-electron chi connectivity index (χ3n) is 2.37. The highest BCUT2D eigenvalue weighted by Gasteiger charge is 2.25. The lowest BCUT2D eigenvalue weighted by Gasteiger charge is -2.30. The van der Waals surface area contributed by atoms with E-state index < -0.39 is 17.6 Å². The highest BCUT2D eigenvalue weighted by molar-refractivity contribution is 5.72. The van der Waals surface area contributed by atoms with Crippen molar-refractivity contribution in [1.29, 1.82) is 0 Å². The Hall–Kier alpha value is -0.610. The molecule has 0 aromatic heterocycles. The topological polar surface area (TPSA) is 60.8 Å². The summed E-state index contributed by atoms with van der Waals surface area (Å²) in [6.45, 7) is 5.56. The van der Waals surface area contributed by atoms with Gasteiger partial charge < -0.3 is 10.2 Å². The normalized spacial score (nSPS) is 18.3. The average Bonchev–Trinajstić information content (AvgIpc) is 2.02. The third-order valence-corrected chi connectivity index (χ3v) is 2.37. The van der Waals surface area contributed by atoms with Gasteiger partial charge in [0.2, 0.25) is 0 Å². The van der Waals surface area contributed by atoms with Crippen LogP contribution in [0.2, 0.25) is 0 Å². The van der Waals surface area contributed by atoms with Crippen molar-refractivity contribution < 1.29 is 15.0 Å². The molecule has 0 aliphatic heterocycles. The Morgan fingerprint density at radius 2 is 2.08 bits per heavy atom. The zero-order valence-corrected chi connectivity index (χ0v) is 8.74. The maximum absolute atomic E-state index is 10.6. The first-order valence-corrected chi connectivity index (χ1v) is 4.45. The summed E-state index contributed by atoms with van der Waals surface area (Å²) in [5.74, 6) is -0.866. The Kier molecular flexibility index (Phi) is 4.36. The molecule has 0 aromatic carbocycles. The number of hydrogen-bond donors (Lipinski definition) is 2. The van der Waals surface area contributed by atoms with Gasteiger partial charge in [0.15, 0.2) is 0 Å². The number of likely N-dealkylation sites (N-methyl/N-ethyl adjacent to an activating group) is 1. The number of rotatable bonds is 5. The van der Waals surface area contributed by atoms with E-state index in [-0.39, 0.29) is 0 Å². The molecule has 2 atom stereocenters. The van der Waals surface area contributed by atoms with Crippen LogP contribution >= 0.6 is 0 Å². The van der Waals surface area contributed by atoms with Crippen molar-refractivity contribution in [3.8, 4) is 0 Å². The first-order chi connectivity index (χ1) is 5.80. The highest BCUT2D eigenvalue weighted by atomic mass is 16.4. The van der Waals surface area contributed by atoms with E-state index in [4.69, 9.17) is 5.11 Å². The van der Waals surface area contributed by atoms with E-state index >= 15 is 0 Å². The molecular formula is C9H19NO3. The molecule has 2 N–H and O–H groups in total. The first kappa shape index (κ1) is 12.4. The van der Waals surface area contributed by atoms with Gasteiger partial charge in [-0.05, 0) is 27.3 Å². The lowest BCUT2D eigenvalue weighted by Crippen LogP contribution is -2.45. The van der Waals surface area contributed by atoms with Crippen LogP contribution in [-0.2, 0) is 4.79 Å². The lowest BCUT2D eigenvalue weighted by molar-refractivity contribution is -0.143. The summed E-state index contributed by atoms with van der Waals surface area (Å²) in [4.78, 5) is 12.2. The zero-order chi connectivity index (χ0) is 10.6. The molecule has 0 aromatic rings. The maximum Gasteiger partial charge on any atom is 0.320 e. The summed E-state index contributed by atoms with van der Waals surface area (Å²) in [5, 5.41) is 18.4.